The van der Waals surface area contributed by atoms with Gasteiger partial charge >= 0.3 is 0 Å². The molecule has 4 nitrogen and oxygen atoms in total. The summed E-state index contributed by atoms with van der Waals surface area (Å²) in [5.41, 5.74) is 1.29. The number of rotatable bonds is 4. The van der Waals surface area contributed by atoms with Crippen LogP contribution in [-0.4, -0.2) is 18.4 Å². The molecule has 0 bridgehead atoms. The average molecular weight is 252 g/mol. The molecule has 2 N–H and O–H groups in total. The highest BCUT2D eigenvalue weighted by atomic mass is 32.1. The van der Waals surface area contributed by atoms with Crippen LogP contribution in [0.4, 0.5) is 0 Å². The highest BCUT2D eigenvalue weighted by Crippen LogP contribution is 2.17. The molecule has 0 aromatic carbocycles. The second-order valence-corrected chi connectivity index (χ2v) is 5.15. The molecule has 5 heteroatoms. The highest BCUT2D eigenvalue weighted by Gasteiger charge is 2.27. The number of amides is 2. The van der Waals surface area contributed by atoms with Crippen LogP contribution in [0.3, 0.4) is 0 Å². The predicted molar refractivity (Wildman–Crippen MR) is 66.7 cm³/mol. The Bertz CT molecular complexity index is 428. The topological polar surface area (TPSA) is 58.2 Å². The Labute approximate surface area is 104 Å². The normalized spacial score (nSPS) is 19.1. The quantitative estimate of drug-likeness (QED) is 0.842. The minimum Gasteiger partial charge on any atom is -0.355 e. The van der Waals surface area contributed by atoms with Gasteiger partial charge in [0.15, 0.2) is 0 Å². The van der Waals surface area contributed by atoms with Gasteiger partial charge in [0.2, 0.25) is 11.8 Å². The molecule has 0 aliphatic carbocycles. The van der Waals surface area contributed by atoms with Crippen LogP contribution in [0.2, 0.25) is 0 Å². The molecular weight excluding hydrogens is 236 g/mol. The van der Waals surface area contributed by atoms with Crippen molar-refractivity contribution in [2.75, 3.05) is 6.54 Å². The first-order chi connectivity index (χ1) is 8.20. The number of hydrogen-bond donors (Lipinski definition) is 2. The van der Waals surface area contributed by atoms with Crippen molar-refractivity contribution in [2.45, 2.75) is 26.3 Å². The monoisotopic (exact) mass is 252 g/mol. The van der Waals surface area contributed by atoms with Crippen LogP contribution < -0.4 is 10.6 Å². The Morgan fingerprint density at radius 3 is 3.12 bits per heavy atom. The fraction of sp³-hybridized carbons (Fsp3) is 0.500. The number of thiophene rings is 1. The summed E-state index contributed by atoms with van der Waals surface area (Å²) >= 11 is 1.66. The van der Waals surface area contributed by atoms with Crippen LogP contribution in [0.15, 0.2) is 11.4 Å². The fourth-order valence-electron chi connectivity index (χ4n) is 1.94. The molecule has 0 spiro atoms. The van der Waals surface area contributed by atoms with Crippen molar-refractivity contribution < 1.29 is 9.59 Å². The Balaban J connectivity index is 1.86. The predicted octanol–water partition coefficient (Wildman–Crippen LogP) is 1.06. The van der Waals surface area contributed by atoms with E-state index in [0.717, 1.165) is 6.42 Å². The second-order valence-electron chi connectivity index (χ2n) is 4.15. The Hall–Kier alpha value is -1.36. The lowest BCUT2D eigenvalue weighted by atomic mass is 10.1. The van der Waals surface area contributed by atoms with Gasteiger partial charge in [0.25, 0.3) is 0 Å². The van der Waals surface area contributed by atoms with Gasteiger partial charge in [0, 0.05) is 17.8 Å². The summed E-state index contributed by atoms with van der Waals surface area (Å²) in [6.07, 6.45) is 1.30. The van der Waals surface area contributed by atoms with Gasteiger partial charge in [-0.05, 0) is 23.4 Å². The van der Waals surface area contributed by atoms with Crippen molar-refractivity contribution >= 4 is 23.2 Å². The lowest BCUT2D eigenvalue weighted by molar-refractivity contribution is -0.126. The molecule has 1 saturated heterocycles. The zero-order valence-electron chi connectivity index (χ0n) is 9.79. The zero-order valence-corrected chi connectivity index (χ0v) is 10.6. The molecule has 2 rings (SSSR count). The van der Waals surface area contributed by atoms with Crippen molar-refractivity contribution in [3.63, 3.8) is 0 Å². The molecule has 0 saturated carbocycles. The minimum absolute atomic E-state index is 0.0289. The van der Waals surface area contributed by atoms with Crippen molar-refractivity contribution in [3.05, 3.63) is 21.9 Å². The molecule has 1 aromatic heterocycles. The van der Waals surface area contributed by atoms with Gasteiger partial charge in [0.05, 0.1) is 12.5 Å². The summed E-state index contributed by atoms with van der Waals surface area (Å²) in [5, 5.41) is 7.61. The second kappa shape index (κ2) is 5.31. The van der Waals surface area contributed by atoms with Gasteiger partial charge in [0.1, 0.15) is 0 Å². The molecule has 2 heterocycles. The first kappa shape index (κ1) is 12.1. The van der Waals surface area contributed by atoms with E-state index < -0.39 is 0 Å². The van der Waals surface area contributed by atoms with E-state index in [1.54, 1.807) is 11.3 Å². The van der Waals surface area contributed by atoms with Crippen LogP contribution >= 0.6 is 11.3 Å². The van der Waals surface area contributed by atoms with Gasteiger partial charge in [-0.3, -0.25) is 9.59 Å². The van der Waals surface area contributed by atoms with E-state index in [1.165, 1.54) is 10.4 Å². The van der Waals surface area contributed by atoms with Crippen molar-refractivity contribution in [1.29, 1.82) is 0 Å². The van der Waals surface area contributed by atoms with Crippen LogP contribution in [-0.2, 0) is 22.6 Å². The first-order valence-electron chi connectivity index (χ1n) is 5.80. The highest BCUT2D eigenvalue weighted by molar-refractivity contribution is 7.10. The number of carbonyl (C=O) groups is 2. The molecule has 1 atom stereocenters. The Morgan fingerprint density at radius 2 is 2.47 bits per heavy atom. The molecule has 1 unspecified atom stereocenters. The molecule has 0 radical (unpaired) electrons. The van der Waals surface area contributed by atoms with E-state index in [9.17, 15) is 9.59 Å². The smallest absolute Gasteiger partial charge is 0.225 e. The van der Waals surface area contributed by atoms with Crippen LogP contribution in [0.1, 0.15) is 23.8 Å². The zero-order chi connectivity index (χ0) is 12.3. The van der Waals surface area contributed by atoms with E-state index >= 15 is 0 Å². The summed E-state index contributed by atoms with van der Waals surface area (Å²) in [5.74, 6) is -0.262. The maximum absolute atomic E-state index is 11.8. The summed E-state index contributed by atoms with van der Waals surface area (Å²) in [6.45, 7) is 3.15. The first-order valence-corrected chi connectivity index (χ1v) is 6.68. The van der Waals surface area contributed by atoms with E-state index in [1.807, 2.05) is 5.38 Å². The number of aryl methyl sites for hydroxylation is 1. The Morgan fingerprint density at radius 1 is 1.65 bits per heavy atom. The molecule has 92 valence electrons. The fourth-order valence-corrected chi connectivity index (χ4v) is 2.86. The van der Waals surface area contributed by atoms with Gasteiger partial charge in [-0.1, -0.05) is 6.92 Å². The molecule has 2 amide bonds. The summed E-state index contributed by atoms with van der Waals surface area (Å²) < 4.78 is 0. The number of nitrogens with one attached hydrogen (secondary N) is 2. The molecule has 17 heavy (non-hydrogen) atoms. The van der Waals surface area contributed by atoms with E-state index in [0.29, 0.717) is 19.5 Å². The number of carbonyl (C=O) groups excluding carboxylic acids is 2. The molecule has 1 aliphatic heterocycles. The van der Waals surface area contributed by atoms with E-state index in [-0.39, 0.29) is 17.7 Å². The summed E-state index contributed by atoms with van der Waals surface area (Å²) in [7, 11) is 0. The molecule has 1 aromatic rings. The van der Waals surface area contributed by atoms with Crippen LogP contribution in [0.25, 0.3) is 0 Å². The third kappa shape index (κ3) is 2.85. The van der Waals surface area contributed by atoms with Crippen LogP contribution in [0.5, 0.6) is 0 Å². The third-order valence-corrected chi connectivity index (χ3v) is 3.95. The average Bonchev–Trinajstić information content (AvgIpc) is 2.94. The third-order valence-electron chi connectivity index (χ3n) is 2.99. The van der Waals surface area contributed by atoms with Gasteiger partial charge < -0.3 is 10.6 Å². The maximum Gasteiger partial charge on any atom is 0.225 e. The van der Waals surface area contributed by atoms with Gasteiger partial charge in [-0.15, -0.1) is 11.3 Å². The van der Waals surface area contributed by atoms with E-state index in [2.05, 4.69) is 23.6 Å². The SMILES string of the molecule is CCc1ccsc1CNC(=O)C1CNC(=O)C1. The van der Waals surface area contributed by atoms with Crippen LogP contribution in [0, 0.1) is 5.92 Å². The largest absolute Gasteiger partial charge is 0.355 e. The molecule has 1 aliphatic rings. The summed E-state index contributed by atoms with van der Waals surface area (Å²) in [4.78, 5) is 24.0. The lowest BCUT2D eigenvalue weighted by Crippen LogP contribution is -2.31. The minimum atomic E-state index is -0.201. The molecule has 1 fully saturated rings. The van der Waals surface area contributed by atoms with Crippen molar-refractivity contribution in [1.82, 2.24) is 10.6 Å². The van der Waals surface area contributed by atoms with Crippen molar-refractivity contribution in [3.8, 4) is 0 Å². The maximum atomic E-state index is 11.8. The summed E-state index contributed by atoms with van der Waals surface area (Å²) in [6, 6.07) is 2.09. The Kier molecular flexibility index (Phi) is 3.78. The van der Waals surface area contributed by atoms with Gasteiger partial charge in [-0.2, -0.15) is 0 Å². The number of hydrogen-bond acceptors (Lipinski definition) is 3. The molecular formula is C12H16N2O2S. The van der Waals surface area contributed by atoms with Crippen molar-refractivity contribution in [2.24, 2.45) is 5.92 Å². The van der Waals surface area contributed by atoms with E-state index in [4.69, 9.17) is 0 Å². The lowest BCUT2D eigenvalue weighted by Gasteiger charge is -2.09. The standard InChI is InChI=1S/C12H16N2O2S/c1-2-8-3-4-17-10(8)7-14-12(16)9-5-11(15)13-6-9/h3-4,9H,2,5-7H2,1H3,(H,13,15)(H,14,16). The van der Waals surface area contributed by atoms with Gasteiger partial charge in [-0.25, -0.2) is 0 Å².